The van der Waals surface area contributed by atoms with Gasteiger partial charge in [-0.25, -0.2) is 9.69 Å². The van der Waals surface area contributed by atoms with Crippen molar-refractivity contribution < 1.29 is 19.2 Å². The van der Waals surface area contributed by atoms with Crippen molar-refractivity contribution in [2.45, 2.75) is 26.4 Å². The van der Waals surface area contributed by atoms with Crippen LogP contribution in [0.3, 0.4) is 0 Å². The van der Waals surface area contributed by atoms with Crippen LogP contribution in [-0.2, 0) is 20.9 Å². The second-order valence-electron chi connectivity index (χ2n) is 5.27. The molecule has 5 amide bonds. The average molecular weight is 323 g/mol. The standard InChI is InChI=1S/C14H17N3O4S/c1-9(2)17-13(20)12(19)16(14(17)21)8-11(18)15(3)7-10-5-4-6-22-10/h4-6,9H,7-8H2,1-3H3. The van der Waals surface area contributed by atoms with Crippen molar-refractivity contribution in [2.75, 3.05) is 13.6 Å². The summed E-state index contributed by atoms with van der Waals surface area (Å²) in [7, 11) is 1.59. The number of thiophene rings is 1. The molecular formula is C14H17N3O4S. The van der Waals surface area contributed by atoms with E-state index in [0.717, 1.165) is 9.78 Å². The molecule has 0 saturated carbocycles. The highest BCUT2D eigenvalue weighted by Crippen LogP contribution is 2.16. The number of nitrogens with zero attached hydrogens (tertiary/aromatic N) is 3. The molecule has 0 bridgehead atoms. The summed E-state index contributed by atoms with van der Waals surface area (Å²) < 4.78 is 0. The van der Waals surface area contributed by atoms with E-state index in [4.69, 9.17) is 0 Å². The Kier molecular flexibility index (Phi) is 4.60. The van der Waals surface area contributed by atoms with E-state index in [1.807, 2.05) is 17.5 Å². The van der Waals surface area contributed by atoms with Gasteiger partial charge >= 0.3 is 17.8 Å². The number of amides is 5. The van der Waals surface area contributed by atoms with Crippen molar-refractivity contribution in [3.8, 4) is 0 Å². The zero-order valence-corrected chi connectivity index (χ0v) is 13.4. The first-order chi connectivity index (χ1) is 10.3. The molecule has 0 radical (unpaired) electrons. The van der Waals surface area contributed by atoms with Crippen LogP contribution in [0, 0.1) is 0 Å². The smallest absolute Gasteiger partial charge is 0.334 e. The number of hydrogen-bond donors (Lipinski definition) is 0. The van der Waals surface area contributed by atoms with Gasteiger partial charge in [0.15, 0.2) is 0 Å². The first-order valence-corrected chi connectivity index (χ1v) is 7.66. The van der Waals surface area contributed by atoms with Gasteiger partial charge in [0, 0.05) is 18.0 Å². The lowest BCUT2D eigenvalue weighted by Crippen LogP contribution is -2.42. The molecule has 0 aliphatic carbocycles. The molecule has 1 saturated heterocycles. The van der Waals surface area contributed by atoms with E-state index in [0.29, 0.717) is 11.4 Å². The third kappa shape index (κ3) is 3.01. The Bertz CT molecular complexity index is 612. The molecule has 1 aromatic rings. The highest BCUT2D eigenvalue weighted by Gasteiger charge is 2.46. The van der Waals surface area contributed by atoms with Gasteiger partial charge in [0.2, 0.25) is 5.91 Å². The number of urea groups is 1. The quantitative estimate of drug-likeness (QED) is 0.596. The maximum absolute atomic E-state index is 12.2. The Morgan fingerprint density at radius 2 is 1.95 bits per heavy atom. The highest BCUT2D eigenvalue weighted by atomic mass is 32.1. The van der Waals surface area contributed by atoms with E-state index >= 15 is 0 Å². The van der Waals surface area contributed by atoms with Crippen LogP contribution in [0.4, 0.5) is 4.79 Å². The fourth-order valence-corrected chi connectivity index (χ4v) is 2.85. The van der Waals surface area contributed by atoms with Crippen LogP contribution in [-0.4, -0.2) is 58.1 Å². The molecule has 7 nitrogen and oxygen atoms in total. The van der Waals surface area contributed by atoms with Crippen molar-refractivity contribution in [3.05, 3.63) is 22.4 Å². The van der Waals surface area contributed by atoms with Gasteiger partial charge in [0.05, 0.1) is 6.54 Å². The summed E-state index contributed by atoms with van der Waals surface area (Å²) in [5, 5.41) is 1.90. The molecular weight excluding hydrogens is 306 g/mol. The summed E-state index contributed by atoms with van der Waals surface area (Å²) in [6.07, 6.45) is 0. The lowest BCUT2D eigenvalue weighted by molar-refractivity contribution is -0.145. The third-order valence-corrected chi connectivity index (χ3v) is 4.15. The molecule has 1 aliphatic rings. The monoisotopic (exact) mass is 323 g/mol. The summed E-state index contributed by atoms with van der Waals surface area (Å²) in [6.45, 7) is 3.25. The van der Waals surface area contributed by atoms with Crippen molar-refractivity contribution in [1.29, 1.82) is 0 Å². The number of carbonyl (C=O) groups is 4. The van der Waals surface area contributed by atoms with Gasteiger partial charge in [-0.1, -0.05) is 6.07 Å². The molecule has 1 aliphatic heterocycles. The fourth-order valence-electron chi connectivity index (χ4n) is 2.10. The summed E-state index contributed by atoms with van der Waals surface area (Å²) in [5.41, 5.74) is 0. The van der Waals surface area contributed by atoms with E-state index in [2.05, 4.69) is 0 Å². The van der Waals surface area contributed by atoms with E-state index in [9.17, 15) is 19.2 Å². The zero-order chi connectivity index (χ0) is 16.4. The van der Waals surface area contributed by atoms with Crippen LogP contribution < -0.4 is 0 Å². The van der Waals surface area contributed by atoms with E-state index in [1.54, 1.807) is 20.9 Å². The van der Waals surface area contributed by atoms with E-state index in [-0.39, 0.29) is 0 Å². The lowest BCUT2D eigenvalue weighted by atomic mass is 10.3. The molecule has 1 fully saturated rings. The maximum atomic E-state index is 12.2. The molecule has 0 unspecified atom stereocenters. The van der Waals surface area contributed by atoms with Gasteiger partial charge < -0.3 is 4.90 Å². The second kappa shape index (κ2) is 6.27. The fraction of sp³-hybridized carbons (Fsp3) is 0.429. The molecule has 118 valence electrons. The first-order valence-electron chi connectivity index (χ1n) is 6.78. The minimum atomic E-state index is -0.948. The third-order valence-electron chi connectivity index (χ3n) is 3.29. The number of rotatable bonds is 5. The molecule has 1 aromatic heterocycles. The second-order valence-corrected chi connectivity index (χ2v) is 6.30. The van der Waals surface area contributed by atoms with Gasteiger partial charge in [-0.3, -0.25) is 19.3 Å². The molecule has 2 rings (SSSR count). The summed E-state index contributed by atoms with van der Waals surface area (Å²) >= 11 is 1.51. The highest BCUT2D eigenvalue weighted by molar-refractivity contribution is 7.09. The van der Waals surface area contributed by atoms with Crippen molar-refractivity contribution in [1.82, 2.24) is 14.7 Å². The SMILES string of the molecule is CC(C)N1C(=O)C(=O)N(CC(=O)N(C)Cc2cccs2)C1=O. The van der Waals surface area contributed by atoms with Crippen LogP contribution in [0.25, 0.3) is 0 Å². The van der Waals surface area contributed by atoms with E-state index in [1.165, 1.54) is 16.2 Å². The van der Waals surface area contributed by atoms with Crippen LogP contribution in [0.1, 0.15) is 18.7 Å². The van der Waals surface area contributed by atoms with Gasteiger partial charge in [-0.2, -0.15) is 0 Å². The summed E-state index contributed by atoms with van der Waals surface area (Å²) in [5.74, 6) is -2.22. The molecule has 8 heteroatoms. The lowest BCUT2D eigenvalue weighted by Gasteiger charge is -2.21. The minimum absolute atomic E-state index is 0.395. The topological polar surface area (TPSA) is 78.0 Å². The summed E-state index contributed by atoms with van der Waals surface area (Å²) in [4.78, 5) is 51.8. The molecule has 0 N–H and O–H groups in total. The van der Waals surface area contributed by atoms with Crippen molar-refractivity contribution in [2.24, 2.45) is 0 Å². The Balaban J connectivity index is 2.03. The maximum Gasteiger partial charge on any atom is 0.334 e. The molecule has 0 aromatic carbocycles. The largest absolute Gasteiger partial charge is 0.339 e. The van der Waals surface area contributed by atoms with Crippen molar-refractivity contribution in [3.63, 3.8) is 0 Å². The van der Waals surface area contributed by atoms with Gasteiger partial charge in [-0.15, -0.1) is 11.3 Å². The number of likely N-dealkylation sites (N-methyl/N-ethyl adjacent to an activating group) is 1. The first kappa shape index (κ1) is 16.2. The van der Waals surface area contributed by atoms with Crippen LogP contribution in [0.5, 0.6) is 0 Å². The Morgan fingerprint density at radius 3 is 2.45 bits per heavy atom. The van der Waals surface area contributed by atoms with Crippen LogP contribution in [0.15, 0.2) is 17.5 Å². The molecule has 0 atom stereocenters. The van der Waals surface area contributed by atoms with Crippen LogP contribution >= 0.6 is 11.3 Å². The molecule has 22 heavy (non-hydrogen) atoms. The number of imide groups is 2. The predicted molar refractivity (Wildman–Crippen MR) is 79.9 cm³/mol. The minimum Gasteiger partial charge on any atom is -0.339 e. The van der Waals surface area contributed by atoms with Crippen LogP contribution in [0.2, 0.25) is 0 Å². The Labute approximate surface area is 132 Å². The van der Waals surface area contributed by atoms with Gasteiger partial charge in [-0.05, 0) is 25.3 Å². The zero-order valence-electron chi connectivity index (χ0n) is 12.6. The normalized spacial score (nSPS) is 15.2. The number of carbonyl (C=O) groups excluding carboxylic acids is 4. The van der Waals surface area contributed by atoms with Gasteiger partial charge in [0.25, 0.3) is 0 Å². The van der Waals surface area contributed by atoms with Gasteiger partial charge in [0.1, 0.15) is 6.54 Å². The van der Waals surface area contributed by atoms with Crippen molar-refractivity contribution >= 4 is 35.1 Å². The predicted octanol–water partition coefficient (Wildman–Crippen LogP) is 0.906. The number of hydrogen-bond acceptors (Lipinski definition) is 5. The Morgan fingerprint density at radius 1 is 1.27 bits per heavy atom. The van der Waals surface area contributed by atoms with E-state index < -0.39 is 36.3 Å². The molecule has 0 spiro atoms. The summed E-state index contributed by atoms with van der Waals surface area (Å²) in [6, 6.07) is 2.62. The average Bonchev–Trinajstić information content (AvgIpc) is 3.01. The molecule has 2 heterocycles. The Hall–Kier alpha value is -2.22.